The number of amides is 1. The summed E-state index contributed by atoms with van der Waals surface area (Å²) in [5, 5.41) is 7.20. The van der Waals surface area contributed by atoms with E-state index < -0.39 is 0 Å². The lowest BCUT2D eigenvalue weighted by Gasteiger charge is -2.08. The Hall–Kier alpha value is -3.02. The number of para-hydroxylation sites is 1. The van der Waals surface area contributed by atoms with Crippen LogP contribution in [0.15, 0.2) is 55.0 Å². The zero-order valence-corrected chi connectivity index (χ0v) is 11.4. The Morgan fingerprint density at radius 1 is 1.19 bits per heavy atom. The van der Waals surface area contributed by atoms with Crippen LogP contribution in [0.3, 0.4) is 0 Å². The van der Waals surface area contributed by atoms with Crippen molar-refractivity contribution in [2.75, 3.05) is 5.32 Å². The molecule has 0 aliphatic heterocycles. The summed E-state index contributed by atoms with van der Waals surface area (Å²) >= 11 is 0. The molecule has 0 aliphatic carbocycles. The molecular weight excluding hydrogens is 266 g/mol. The van der Waals surface area contributed by atoms with Gasteiger partial charge >= 0.3 is 0 Å². The van der Waals surface area contributed by atoms with Crippen molar-refractivity contribution < 1.29 is 4.79 Å². The molecule has 0 spiro atoms. The van der Waals surface area contributed by atoms with E-state index >= 15 is 0 Å². The summed E-state index contributed by atoms with van der Waals surface area (Å²) in [4.78, 5) is 20.0. The van der Waals surface area contributed by atoms with E-state index in [2.05, 4.69) is 20.4 Å². The highest BCUT2D eigenvalue weighted by molar-refractivity contribution is 6.02. The molecule has 0 bridgehead atoms. The van der Waals surface area contributed by atoms with Crippen molar-refractivity contribution in [1.29, 1.82) is 0 Å². The number of hydrogen-bond acceptors (Lipinski definition) is 4. The van der Waals surface area contributed by atoms with Crippen molar-refractivity contribution in [1.82, 2.24) is 19.7 Å². The van der Waals surface area contributed by atoms with Crippen LogP contribution in [0.2, 0.25) is 0 Å². The van der Waals surface area contributed by atoms with Gasteiger partial charge in [-0.2, -0.15) is 5.10 Å². The SMILES string of the molecule is Cc1cc(NC(=O)c2cnccn2)n(-c2ccccc2)n1. The van der Waals surface area contributed by atoms with E-state index in [9.17, 15) is 4.79 Å². The first-order valence-corrected chi connectivity index (χ1v) is 6.43. The maximum Gasteiger partial charge on any atom is 0.277 e. The van der Waals surface area contributed by atoms with Gasteiger partial charge in [0.05, 0.1) is 17.6 Å². The van der Waals surface area contributed by atoms with E-state index in [1.54, 1.807) is 10.7 Å². The molecule has 0 saturated heterocycles. The molecular formula is C15H13N5O. The van der Waals surface area contributed by atoms with Gasteiger partial charge in [-0.3, -0.25) is 9.78 Å². The normalized spacial score (nSPS) is 10.3. The summed E-state index contributed by atoms with van der Waals surface area (Å²) in [6, 6.07) is 11.4. The van der Waals surface area contributed by atoms with Gasteiger partial charge in [0.2, 0.25) is 0 Å². The average Bonchev–Trinajstić information content (AvgIpc) is 2.89. The van der Waals surface area contributed by atoms with E-state index in [-0.39, 0.29) is 11.6 Å². The van der Waals surface area contributed by atoms with Crippen molar-refractivity contribution in [3.63, 3.8) is 0 Å². The molecule has 0 radical (unpaired) electrons. The van der Waals surface area contributed by atoms with Crippen LogP contribution in [0.1, 0.15) is 16.2 Å². The molecule has 2 aromatic heterocycles. The van der Waals surface area contributed by atoms with Gasteiger partial charge < -0.3 is 5.32 Å². The van der Waals surface area contributed by atoms with Gasteiger partial charge in [0.1, 0.15) is 11.5 Å². The van der Waals surface area contributed by atoms with Gasteiger partial charge in [-0.05, 0) is 19.1 Å². The van der Waals surface area contributed by atoms with Crippen LogP contribution in [0, 0.1) is 6.92 Å². The van der Waals surface area contributed by atoms with E-state index in [0.717, 1.165) is 11.4 Å². The minimum absolute atomic E-state index is 0.260. The standard InChI is InChI=1S/C15H13N5O/c1-11-9-14(18-15(21)13-10-16-7-8-17-13)20(19-11)12-5-3-2-4-6-12/h2-10H,1H3,(H,18,21). The van der Waals surface area contributed by atoms with Crippen molar-refractivity contribution in [2.24, 2.45) is 0 Å². The second-order valence-corrected chi connectivity index (χ2v) is 4.46. The highest BCUT2D eigenvalue weighted by atomic mass is 16.2. The Balaban J connectivity index is 1.92. The van der Waals surface area contributed by atoms with Crippen LogP contribution in [-0.4, -0.2) is 25.7 Å². The minimum Gasteiger partial charge on any atom is -0.305 e. The van der Waals surface area contributed by atoms with Crippen LogP contribution < -0.4 is 5.32 Å². The highest BCUT2D eigenvalue weighted by Crippen LogP contribution is 2.17. The van der Waals surface area contributed by atoms with Gasteiger partial charge in [-0.15, -0.1) is 0 Å². The first kappa shape index (κ1) is 13.0. The molecule has 1 amide bonds. The molecule has 104 valence electrons. The molecule has 3 rings (SSSR count). The molecule has 0 unspecified atom stereocenters. The molecule has 0 saturated carbocycles. The van der Waals surface area contributed by atoms with Gasteiger partial charge in [-0.1, -0.05) is 18.2 Å². The van der Waals surface area contributed by atoms with Crippen molar-refractivity contribution >= 4 is 11.7 Å². The molecule has 0 atom stereocenters. The number of hydrogen-bond donors (Lipinski definition) is 1. The lowest BCUT2D eigenvalue weighted by Crippen LogP contribution is -2.16. The number of nitrogens with zero attached hydrogens (tertiary/aromatic N) is 4. The van der Waals surface area contributed by atoms with Gasteiger partial charge in [0.15, 0.2) is 0 Å². The summed E-state index contributed by atoms with van der Waals surface area (Å²) in [5.41, 5.74) is 1.95. The number of carbonyl (C=O) groups excluding carboxylic acids is 1. The number of aromatic nitrogens is 4. The quantitative estimate of drug-likeness (QED) is 0.798. The topological polar surface area (TPSA) is 72.7 Å². The molecule has 3 aromatic rings. The fourth-order valence-corrected chi connectivity index (χ4v) is 1.95. The molecule has 2 heterocycles. The first-order chi connectivity index (χ1) is 10.2. The summed E-state index contributed by atoms with van der Waals surface area (Å²) < 4.78 is 1.68. The maximum absolute atomic E-state index is 12.2. The zero-order chi connectivity index (χ0) is 14.7. The van der Waals surface area contributed by atoms with Crippen LogP contribution in [0.5, 0.6) is 0 Å². The molecule has 1 aromatic carbocycles. The van der Waals surface area contributed by atoms with Crippen LogP contribution >= 0.6 is 0 Å². The number of anilines is 1. The van der Waals surface area contributed by atoms with Crippen molar-refractivity contribution in [2.45, 2.75) is 6.92 Å². The second-order valence-electron chi connectivity index (χ2n) is 4.46. The summed E-state index contributed by atoms with van der Waals surface area (Å²) in [6.07, 6.45) is 4.43. The van der Waals surface area contributed by atoms with Crippen LogP contribution in [0.25, 0.3) is 5.69 Å². The predicted octanol–water partition coefficient (Wildman–Crippen LogP) is 2.22. The van der Waals surface area contributed by atoms with E-state index in [1.807, 2.05) is 37.3 Å². The summed E-state index contributed by atoms with van der Waals surface area (Å²) in [6.45, 7) is 1.87. The Labute approximate surface area is 121 Å². The Morgan fingerprint density at radius 2 is 2.00 bits per heavy atom. The number of carbonyl (C=O) groups is 1. The average molecular weight is 279 g/mol. The second kappa shape index (κ2) is 5.54. The van der Waals surface area contributed by atoms with Crippen LogP contribution in [0.4, 0.5) is 5.82 Å². The van der Waals surface area contributed by atoms with Gasteiger partial charge in [0, 0.05) is 18.5 Å². The molecule has 0 fully saturated rings. The lowest BCUT2D eigenvalue weighted by atomic mass is 10.3. The van der Waals surface area contributed by atoms with Gasteiger partial charge in [-0.25, -0.2) is 9.67 Å². The molecule has 1 N–H and O–H groups in total. The van der Waals surface area contributed by atoms with Crippen LogP contribution in [-0.2, 0) is 0 Å². The summed E-state index contributed by atoms with van der Waals surface area (Å²) in [5.74, 6) is 0.273. The molecule has 6 heteroatoms. The third kappa shape index (κ3) is 2.79. The maximum atomic E-state index is 12.2. The summed E-state index contributed by atoms with van der Waals surface area (Å²) in [7, 11) is 0. The minimum atomic E-state index is -0.319. The van der Waals surface area contributed by atoms with Crippen molar-refractivity contribution in [3.8, 4) is 5.69 Å². The molecule has 21 heavy (non-hydrogen) atoms. The van der Waals surface area contributed by atoms with E-state index in [0.29, 0.717) is 5.82 Å². The van der Waals surface area contributed by atoms with Crippen molar-refractivity contribution in [3.05, 3.63) is 66.4 Å². The molecule has 0 aliphatic rings. The predicted molar refractivity (Wildman–Crippen MR) is 78.3 cm³/mol. The third-order valence-corrected chi connectivity index (χ3v) is 2.87. The number of benzene rings is 1. The fourth-order valence-electron chi connectivity index (χ4n) is 1.95. The Morgan fingerprint density at radius 3 is 2.71 bits per heavy atom. The highest BCUT2D eigenvalue weighted by Gasteiger charge is 2.13. The lowest BCUT2D eigenvalue weighted by molar-refractivity contribution is 0.102. The smallest absolute Gasteiger partial charge is 0.277 e. The Bertz CT molecular complexity index is 752. The Kier molecular flexibility index (Phi) is 3.42. The number of nitrogens with one attached hydrogen (secondary N) is 1. The van der Waals surface area contributed by atoms with Gasteiger partial charge in [0.25, 0.3) is 5.91 Å². The molecule has 6 nitrogen and oxygen atoms in total. The number of aryl methyl sites for hydroxylation is 1. The zero-order valence-electron chi connectivity index (χ0n) is 11.4. The number of rotatable bonds is 3. The largest absolute Gasteiger partial charge is 0.305 e. The van der Waals surface area contributed by atoms with E-state index in [1.165, 1.54) is 18.6 Å². The van der Waals surface area contributed by atoms with E-state index in [4.69, 9.17) is 0 Å². The third-order valence-electron chi connectivity index (χ3n) is 2.87. The monoisotopic (exact) mass is 279 g/mol. The fraction of sp³-hybridized carbons (Fsp3) is 0.0667. The first-order valence-electron chi connectivity index (χ1n) is 6.43.